The van der Waals surface area contributed by atoms with E-state index in [-0.39, 0.29) is 5.54 Å². The summed E-state index contributed by atoms with van der Waals surface area (Å²) in [5.74, 6) is -0.459. The number of hydrogen-bond acceptors (Lipinski definition) is 4. The summed E-state index contributed by atoms with van der Waals surface area (Å²) in [6, 6.07) is 0. The largest absolute Gasteiger partial charge is 0.477 e. The van der Waals surface area contributed by atoms with Crippen molar-refractivity contribution in [2.45, 2.75) is 53.1 Å². The lowest BCUT2D eigenvalue weighted by molar-refractivity contribution is 0.0700. The van der Waals surface area contributed by atoms with Crippen LogP contribution in [0.5, 0.6) is 0 Å². The number of carboxylic acids is 1. The molecular weight excluding hydrogens is 248 g/mol. The topological polar surface area (TPSA) is 62.2 Å². The third kappa shape index (κ3) is 4.74. The first kappa shape index (κ1) is 15.1. The van der Waals surface area contributed by atoms with Crippen LogP contribution in [0.1, 0.15) is 55.0 Å². The standard InChI is InChI=1S/C13H22N2O2S/c1-8(2)6-9-11(12(16)17)18-10(15-9)7-14-13(3,4)5/h8,14H,6-7H2,1-5H3,(H,16,17). The molecule has 1 aromatic heterocycles. The molecular formula is C13H22N2O2S. The number of carbonyl (C=O) groups is 1. The van der Waals surface area contributed by atoms with Gasteiger partial charge in [-0.1, -0.05) is 13.8 Å². The maximum Gasteiger partial charge on any atom is 0.347 e. The van der Waals surface area contributed by atoms with E-state index in [1.165, 1.54) is 11.3 Å². The Kier molecular flexibility index (Phi) is 4.87. The molecule has 0 fully saturated rings. The molecule has 5 heteroatoms. The van der Waals surface area contributed by atoms with Crippen molar-refractivity contribution in [2.24, 2.45) is 5.92 Å². The molecule has 4 nitrogen and oxygen atoms in total. The summed E-state index contributed by atoms with van der Waals surface area (Å²) in [5.41, 5.74) is 0.723. The lowest BCUT2D eigenvalue weighted by Crippen LogP contribution is -2.35. The number of aromatic carboxylic acids is 1. The molecule has 0 radical (unpaired) electrons. The third-order valence-corrected chi connectivity index (χ3v) is 3.39. The van der Waals surface area contributed by atoms with Gasteiger partial charge in [-0.05, 0) is 33.1 Å². The van der Waals surface area contributed by atoms with E-state index in [0.717, 1.165) is 5.01 Å². The van der Waals surface area contributed by atoms with Gasteiger partial charge in [0.1, 0.15) is 9.88 Å². The van der Waals surface area contributed by atoms with Crippen molar-refractivity contribution < 1.29 is 9.90 Å². The van der Waals surface area contributed by atoms with E-state index in [2.05, 4.69) is 44.9 Å². The average Bonchev–Trinajstić information content (AvgIpc) is 2.56. The quantitative estimate of drug-likeness (QED) is 0.863. The second-order valence-electron chi connectivity index (χ2n) is 5.89. The minimum atomic E-state index is -0.870. The van der Waals surface area contributed by atoms with E-state index in [1.807, 2.05) is 0 Å². The van der Waals surface area contributed by atoms with Crippen molar-refractivity contribution in [2.75, 3.05) is 0 Å². The van der Waals surface area contributed by atoms with Gasteiger partial charge >= 0.3 is 5.97 Å². The zero-order valence-electron chi connectivity index (χ0n) is 11.7. The average molecular weight is 270 g/mol. The smallest absolute Gasteiger partial charge is 0.347 e. The first-order valence-electron chi connectivity index (χ1n) is 6.16. The van der Waals surface area contributed by atoms with E-state index in [4.69, 9.17) is 5.11 Å². The number of aromatic nitrogens is 1. The molecule has 0 atom stereocenters. The highest BCUT2D eigenvalue weighted by molar-refractivity contribution is 7.13. The highest BCUT2D eigenvalue weighted by atomic mass is 32.1. The van der Waals surface area contributed by atoms with Gasteiger partial charge in [-0.3, -0.25) is 0 Å². The van der Waals surface area contributed by atoms with Crippen molar-refractivity contribution in [3.63, 3.8) is 0 Å². The van der Waals surface area contributed by atoms with Gasteiger partial charge in [-0.2, -0.15) is 0 Å². The van der Waals surface area contributed by atoms with Crippen LogP contribution in [0.4, 0.5) is 0 Å². The van der Waals surface area contributed by atoms with E-state index < -0.39 is 5.97 Å². The maximum atomic E-state index is 11.2. The molecule has 0 saturated carbocycles. The Bertz CT molecular complexity index is 419. The predicted molar refractivity (Wildman–Crippen MR) is 74.2 cm³/mol. The molecule has 1 rings (SSSR count). The molecule has 0 bridgehead atoms. The van der Waals surface area contributed by atoms with E-state index in [9.17, 15) is 4.79 Å². The molecule has 0 saturated heterocycles. The Balaban J connectivity index is 2.85. The number of thiazole rings is 1. The lowest BCUT2D eigenvalue weighted by Gasteiger charge is -2.19. The fraction of sp³-hybridized carbons (Fsp3) is 0.692. The predicted octanol–water partition coefficient (Wildman–Crippen LogP) is 2.93. The molecule has 0 unspecified atom stereocenters. The minimum Gasteiger partial charge on any atom is -0.477 e. The van der Waals surface area contributed by atoms with Gasteiger partial charge in [0.25, 0.3) is 0 Å². The molecule has 18 heavy (non-hydrogen) atoms. The first-order valence-corrected chi connectivity index (χ1v) is 6.97. The fourth-order valence-electron chi connectivity index (χ4n) is 1.51. The Labute approximate surface area is 112 Å². The number of rotatable bonds is 5. The Morgan fingerprint density at radius 3 is 2.50 bits per heavy atom. The van der Waals surface area contributed by atoms with Crippen LogP contribution in [0, 0.1) is 5.92 Å². The van der Waals surface area contributed by atoms with Crippen molar-refractivity contribution in [3.05, 3.63) is 15.6 Å². The van der Waals surface area contributed by atoms with Crippen LogP contribution in [0.15, 0.2) is 0 Å². The molecule has 0 aliphatic rings. The number of nitrogens with zero attached hydrogens (tertiary/aromatic N) is 1. The number of nitrogens with one attached hydrogen (secondary N) is 1. The molecule has 1 aromatic rings. The van der Waals surface area contributed by atoms with Gasteiger partial charge in [-0.15, -0.1) is 11.3 Å². The summed E-state index contributed by atoms with van der Waals surface area (Å²) < 4.78 is 0. The van der Waals surface area contributed by atoms with Gasteiger partial charge in [0.05, 0.1) is 5.69 Å². The zero-order chi connectivity index (χ0) is 13.9. The Morgan fingerprint density at radius 1 is 1.44 bits per heavy atom. The van der Waals surface area contributed by atoms with Crippen LogP contribution in [0.25, 0.3) is 0 Å². The number of hydrogen-bond donors (Lipinski definition) is 2. The van der Waals surface area contributed by atoms with Gasteiger partial charge in [0.15, 0.2) is 0 Å². The summed E-state index contributed by atoms with van der Waals surface area (Å²) in [4.78, 5) is 16.0. The third-order valence-electron chi connectivity index (χ3n) is 2.31. The van der Waals surface area contributed by atoms with Crippen molar-refractivity contribution in [1.29, 1.82) is 0 Å². The Hall–Kier alpha value is -0.940. The highest BCUT2D eigenvalue weighted by Crippen LogP contribution is 2.22. The summed E-state index contributed by atoms with van der Waals surface area (Å²) in [7, 11) is 0. The number of carboxylic acid groups (broad SMARTS) is 1. The van der Waals surface area contributed by atoms with Gasteiger partial charge in [0, 0.05) is 12.1 Å². The Morgan fingerprint density at radius 2 is 2.06 bits per heavy atom. The monoisotopic (exact) mass is 270 g/mol. The van der Waals surface area contributed by atoms with Crippen LogP contribution in [0.3, 0.4) is 0 Å². The van der Waals surface area contributed by atoms with Crippen LogP contribution in [-0.2, 0) is 13.0 Å². The van der Waals surface area contributed by atoms with Crippen molar-refractivity contribution in [3.8, 4) is 0 Å². The molecule has 2 N–H and O–H groups in total. The molecule has 0 amide bonds. The highest BCUT2D eigenvalue weighted by Gasteiger charge is 2.19. The van der Waals surface area contributed by atoms with E-state index in [1.54, 1.807) is 0 Å². The molecule has 102 valence electrons. The van der Waals surface area contributed by atoms with Gasteiger partial charge < -0.3 is 10.4 Å². The second kappa shape index (κ2) is 5.80. The van der Waals surface area contributed by atoms with Crippen LogP contribution in [0.2, 0.25) is 0 Å². The normalized spacial score (nSPS) is 12.1. The summed E-state index contributed by atoms with van der Waals surface area (Å²) in [5, 5.41) is 13.3. The zero-order valence-corrected chi connectivity index (χ0v) is 12.5. The maximum absolute atomic E-state index is 11.2. The molecule has 0 spiro atoms. The lowest BCUT2D eigenvalue weighted by atomic mass is 10.1. The van der Waals surface area contributed by atoms with Crippen molar-refractivity contribution >= 4 is 17.3 Å². The summed E-state index contributed by atoms with van der Waals surface area (Å²) in [6.07, 6.45) is 0.716. The molecule has 0 aliphatic heterocycles. The minimum absolute atomic E-state index is 0.00721. The molecule has 0 aromatic carbocycles. The van der Waals surface area contributed by atoms with E-state index in [0.29, 0.717) is 29.5 Å². The van der Waals surface area contributed by atoms with Gasteiger partial charge in [0.2, 0.25) is 0 Å². The fourth-order valence-corrected chi connectivity index (χ4v) is 2.38. The van der Waals surface area contributed by atoms with Crippen LogP contribution < -0.4 is 5.32 Å². The summed E-state index contributed by atoms with van der Waals surface area (Å²) >= 11 is 1.28. The molecule has 0 aliphatic carbocycles. The van der Waals surface area contributed by atoms with Crippen LogP contribution in [-0.4, -0.2) is 21.6 Å². The van der Waals surface area contributed by atoms with Crippen LogP contribution >= 0.6 is 11.3 Å². The summed E-state index contributed by atoms with van der Waals surface area (Å²) in [6.45, 7) is 11.0. The first-order chi connectivity index (χ1) is 8.19. The van der Waals surface area contributed by atoms with E-state index >= 15 is 0 Å². The van der Waals surface area contributed by atoms with Crippen molar-refractivity contribution in [1.82, 2.24) is 10.3 Å². The van der Waals surface area contributed by atoms with Gasteiger partial charge in [-0.25, -0.2) is 9.78 Å². The SMILES string of the molecule is CC(C)Cc1nc(CNC(C)(C)C)sc1C(=O)O. The second-order valence-corrected chi connectivity index (χ2v) is 6.97. The molecule has 1 heterocycles.